The minimum absolute atomic E-state index is 0.284. The summed E-state index contributed by atoms with van der Waals surface area (Å²) in [5.41, 5.74) is 0.994. The van der Waals surface area contributed by atoms with Crippen molar-refractivity contribution >= 4 is 22.9 Å². The molecule has 2 rings (SSSR count). The largest absolute Gasteiger partial charge is 0.317 e. The van der Waals surface area contributed by atoms with E-state index in [-0.39, 0.29) is 5.82 Å². The topological polar surface area (TPSA) is 12.0 Å². The molecule has 4 heteroatoms. The van der Waals surface area contributed by atoms with Crippen LogP contribution in [0.3, 0.4) is 0 Å². The van der Waals surface area contributed by atoms with Crippen LogP contribution in [0.1, 0.15) is 16.9 Å². The van der Waals surface area contributed by atoms with Gasteiger partial charge in [-0.15, -0.1) is 11.3 Å². The molecule has 0 amide bonds. The van der Waals surface area contributed by atoms with Crippen molar-refractivity contribution in [1.82, 2.24) is 5.32 Å². The first-order chi connectivity index (χ1) is 9.19. The maximum Gasteiger partial charge on any atom is 0.124 e. The summed E-state index contributed by atoms with van der Waals surface area (Å²) in [5, 5.41) is 5.92. The van der Waals surface area contributed by atoms with Crippen molar-refractivity contribution in [3.05, 3.63) is 57.0 Å². The van der Waals surface area contributed by atoms with Crippen molar-refractivity contribution in [2.75, 3.05) is 7.05 Å². The van der Waals surface area contributed by atoms with E-state index in [9.17, 15) is 4.39 Å². The summed E-state index contributed by atoms with van der Waals surface area (Å²) in [7, 11) is 1.95. The molecule has 2 aromatic rings. The number of likely N-dealkylation sites (N-methyl/N-ethyl adjacent to an activating group) is 1. The fourth-order valence-corrected chi connectivity index (χ4v) is 3.04. The van der Waals surface area contributed by atoms with Gasteiger partial charge in [0, 0.05) is 15.9 Å². The molecule has 1 unspecified atom stereocenters. The molecule has 0 spiro atoms. The van der Waals surface area contributed by atoms with Gasteiger partial charge in [0.1, 0.15) is 5.82 Å². The van der Waals surface area contributed by atoms with Crippen LogP contribution in [-0.2, 0) is 12.8 Å². The van der Waals surface area contributed by atoms with Crippen LogP contribution in [0.15, 0.2) is 35.7 Å². The summed E-state index contributed by atoms with van der Waals surface area (Å²) < 4.78 is 13.0. The Morgan fingerprint density at radius 1 is 1.37 bits per heavy atom. The van der Waals surface area contributed by atoms with Crippen LogP contribution in [0.4, 0.5) is 4.39 Å². The van der Waals surface area contributed by atoms with Crippen molar-refractivity contribution in [1.29, 1.82) is 0 Å². The lowest BCUT2D eigenvalue weighted by atomic mass is 10.0. The highest BCUT2D eigenvalue weighted by Gasteiger charge is 2.11. The van der Waals surface area contributed by atoms with Gasteiger partial charge in [-0.2, -0.15) is 0 Å². The number of halogens is 2. The maximum absolute atomic E-state index is 13.0. The van der Waals surface area contributed by atoms with E-state index in [2.05, 4.69) is 22.8 Å². The average Bonchev–Trinajstić information content (AvgIpc) is 2.90. The van der Waals surface area contributed by atoms with Crippen molar-refractivity contribution in [3.8, 4) is 0 Å². The maximum atomic E-state index is 13.0. The third kappa shape index (κ3) is 4.30. The highest BCUT2D eigenvalue weighted by atomic mass is 35.5. The Labute approximate surface area is 122 Å². The Morgan fingerprint density at radius 3 is 2.84 bits per heavy atom. The van der Waals surface area contributed by atoms with E-state index < -0.39 is 0 Å². The van der Waals surface area contributed by atoms with Crippen LogP contribution < -0.4 is 5.32 Å². The predicted molar refractivity (Wildman–Crippen MR) is 80.6 cm³/mol. The molecule has 0 aliphatic carbocycles. The Morgan fingerprint density at radius 2 is 2.21 bits per heavy atom. The molecule has 0 bridgehead atoms. The normalized spacial score (nSPS) is 12.6. The van der Waals surface area contributed by atoms with Gasteiger partial charge in [0.15, 0.2) is 0 Å². The van der Waals surface area contributed by atoms with E-state index in [4.69, 9.17) is 11.6 Å². The van der Waals surface area contributed by atoms with Crippen LogP contribution in [0, 0.1) is 5.82 Å². The monoisotopic (exact) mass is 297 g/mol. The first kappa shape index (κ1) is 14.5. The van der Waals surface area contributed by atoms with E-state index in [1.807, 2.05) is 7.05 Å². The molecule has 0 aliphatic heterocycles. The standard InChI is InChI=1S/C15H17ClFNS/c1-18-13(6-7-14-3-2-8-19-14)9-11-4-5-12(17)10-15(11)16/h2-5,8,10,13,18H,6-7,9H2,1H3. The predicted octanol–water partition coefficient (Wildman–Crippen LogP) is 4.30. The Balaban J connectivity index is 1.94. The molecule has 1 aromatic heterocycles. The number of rotatable bonds is 6. The third-order valence-corrected chi connectivity index (χ3v) is 4.50. The van der Waals surface area contributed by atoms with Gasteiger partial charge < -0.3 is 5.32 Å². The van der Waals surface area contributed by atoms with Gasteiger partial charge in [-0.3, -0.25) is 0 Å². The average molecular weight is 298 g/mol. The van der Waals surface area contributed by atoms with Crippen LogP contribution >= 0.6 is 22.9 Å². The smallest absolute Gasteiger partial charge is 0.124 e. The zero-order valence-electron chi connectivity index (χ0n) is 10.8. The van der Waals surface area contributed by atoms with Crippen LogP contribution in [0.25, 0.3) is 0 Å². The molecule has 1 N–H and O–H groups in total. The lowest BCUT2D eigenvalue weighted by Gasteiger charge is -2.16. The minimum Gasteiger partial charge on any atom is -0.317 e. The highest BCUT2D eigenvalue weighted by Crippen LogP contribution is 2.20. The second-order valence-electron chi connectivity index (χ2n) is 4.54. The quantitative estimate of drug-likeness (QED) is 0.838. The molecule has 19 heavy (non-hydrogen) atoms. The van der Waals surface area contributed by atoms with Crippen molar-refractivity contribution in [2.24, 2.45) is 0 Å². The lowest BCUT2D eigenvalue weighted by molar-refractivity contribution is 0.521. The number of hydrogen-bond donors (Lipinski definition) is 1. The summed E-state index contributed by atoms with van der Waals surface area (Å²) in [6.07, 6.45) is 2.92. The van der Waals surface area contributed by atoms with Gasteiger partial charge in [-0.25, -0.2) is 4.39 Å². The second kappa shape index (κ2) is 7.04. The van der Waals surface area contributed by atoms with Gasteiger partial charge in [0.05, 0.1) is 0 Å². The zero-order chi connectivity index (χ0) is 13.7. The molecule has 1 atom stereocenters. The van der Waals surface area contributed by atoms with E-state index in [0.29, 0.717) is 11.1 Å². The van der Waals surface area contributed by atoms with Gasteiger partial charge in [-0.05, 0) is 55.5 Å². The molecular formula is C15H17ClFNS. The summed E-state index contributed by atoms with van der Waals surface area (Å²) in [6.45, 7) is 0. The summed E-state index contributed by atoms with van der Waals surface area (Å²) in [4.78, 5) is 1.39. The lowest BCUT2D eigenvalue weighted by Crippen LogP contribution is -2.28. The molecule has 0 saturated heterocycles. The molecule has 1 aromatic carbocycles. The van der Waals surface area contributed by atoms with Gasteiger partial charge >= 0.3 is 0 Å². The van der Waals surface area contributed by atoms with Crippen LogP contribution in [0.2, 0.25) is 5.02 Å². The van der Waals surface area contributed by atoms with Gasteiger partial charge in [0.25, 0.3) is 0 Å². The number of benzene rings is 1. The fraction of sp³-hybridized carbons (Fsp3) is 0.333. The summed E-state index contributed by atoms with van der Waals surface area (Å²) in [5.74, 6) is -0.284. The number of thiophene rings is 1. The summed E-state index contributed by atoms with van der Waals surface area (Å²) >= 11 is 7.85. The van der Waals surface area contributed by atoms with E-state index >= 15 is 0 Å². The van der Waals surface area contributed by atoms with Gasteiger partial charge in [-0.1, -0.05) is 23.7 Å². The number of nitrogens with one attached hydrogen (secondary N) is 1. The fourth-order valence-electron chi connectivity index (χ4n) is 2.07. The van der Waals surface area contributed by atoms with Crippen molar-refractivity contribution in [3.63, 3.8) is 0 Å². The van der Waals surface area contributed by atoms with Crippen molar-refractivity contribution in [2.45, 2.75) is 25.3 Å². The molecule has 0 fully saturated rings. The third-order valence-electron chi connectivity index (χ3n) is 3.21. The van der Waals surface area contributed by atoms with Crippen LogP contribution in [-0.4, -0.2) is 13.1 Å². The highest BCUT2D eigenvalue weighted by molar-refractivity contribution is 7.09. The Hall–Kier alpha value is -0.900. The first-order valence-electron chi connectivity index (χ1n) is 6.32. The molecule has 102 valence electrons. The Bertz CT molecular complexity index is 513. The second-order valence-corrected chi connectivity index (χ2v) is 5.98. The molecular weight excluding hydrogens is 281 g/mol. The molecule has 0 saturated carbocycles. The Kier molecular flexibility index (Phi) is 5.37. The number of hydrogen-bond acceptors (Lipinski definition) is 2. The van der Waals surface area contributed by atoms with E-state index in [1.54, 1.807) is 17.4 Å². The number of aryl methyl sites for hydroxylation is 1. The summed E-state index contributed by atoms with van der Waals surface area (Å²) in [6, 6.07) is 9.20. The molecule has 1 nitrogen and oxygen atoms in total. The first-order valence-corrected chi connectivity index (χ1v) is 7.58. The van der Waals surface area contributed by atoms with Crippen molar-refractivity contribution < 1.29 is 4.39 Å². The van der Waals surface area contributed by atoms with E-state index in [0.717, 1.165) is 24.8 Å². The molecule has 0 aliphatic rings. The minimum atomic E-state index is -0.284. The zero-order valence-corrected chi connectivity index (χ0v) is 12.4. The molecule has 1 heterocycles. The van der Waals surface area contributed by atoms with Crippen LogP contribution in [0.5, 0.6) is 0 Å². The van der Waals surface area contributed by atoms with E-state index in [1.165, 1.54) is 17.0 Å². The van der Waals surface area contributed by atoms with Gasteiger partial charge in [0.2, 0.25) is 0 Å². The molecule has 0 radical (unpaired) electrons. The SMILES string of the molecule is CNC(CCc1cccs1)Cc1ccc(F)cc1Cl.